The molecule has 0 fully saturated rings. The second-order valence-electron chi connectivity index (χ2n) is 3.30. The smallest absolute Gasteiger partial charge is 0.157 e. The Bertz CT molecular complexity index is 352. The van der Waals surface area contributed by atoms with Gasteiger partial charge in [-0.15, -0.1) is 0 Å². The Morgan fingerprint density at radius 3 is 2.69 bits per heavy atom. The summed E-state index contributed by atoms with van der Waals surface area (Å²) in [6, 6.07) is 0. The predicted molar refractivity (Wildman–Crippen MR) is 67.5 cm³/mol. The number of rotatable bonds is 6. The first kappa shape index (κ1) is 12.8. The quantitative estimate of drug-likeness (QED) is 0.697. The van der Waals surface area contributed by atoms with E-state index >= 15 is 0 Å². The molecule has 0 amide bonds. The fraction of sp³-hybridized carbons (Fsp3) is 0.500. The van der Waals surface area contributed by atoms with Crippen LogP contribution >= 0.6 is 12.2 Å². The lowest BCUT2D eigenvalue weighted by Crippen LogP contribution is -2.31. The molecule has 0 unspecified atom stereocenters. The van der Waals surface area contributed by atoms with Crippen LogP contribution < -0.4 is 10.6 Å². The lowest BCUT2D eigenvalue weighted by atomic mass is 10.3. The Morgan fingerprint density at radius 1 is 1.44 bits per heavy atom. The average molecular weight is 240 g/mol. The van der Waals surface area contributed by atoms with E-state index in [0.29, 0.717) is 18.1 Å². The maximum Gasteiger partial charge on any atom is 0.157 e. The predicted octanol–water partition coefficient (Wildman–Crippen LogP) is 0.320. The second kappa shape index (κ2) is 6.34. The van der Waals surface area contributed by atoms with Gasteiger partial charge in [0.15, 0.2) is 5.82 Å². The Balaban J connectivity index is 3.02. The summed E-state index contributed by atoms with van der Waals surface area (Å²) in [5.41, 5.74) is 6.10. The van der Waals surface area contributed by atoms with Crippen molar-refractivity contribution >= 4 is 23.0 Å². The van der Waals surface area contributed by atoms with E-state index in [0.717, 1.165) is 13.0 Å². The van der Waals surface area contributed by atoms with Crippen molar-refractivity contribution in [2.75, 3.05) is 24.6 Å². The van der Waals surface area contributed by atoms with Crippen molar-refractivity contribution in [1.82, 2.24) is 9.97 Å². The van der Waals surface area contributed by atoms with Crippen molar-refractivity contribution < 1.29 is 5.11 Å². The van der Waals surface area contributed by atoms with Crippen molar-refractivity contribution in [3.05, 3.63) is 18.1 Å². The van der Waals surface area contributed by atoms with Gasteiger partial charge in [-0.1, -0.05) is 19.1 Å². The number of hydrogen-bond donors (Lipinski definition) is 2. The van der Waals surface area contributed by atoms with Crippen LogP contribution in [-0.2, 0) is 0 Å². The zero-order valence-electron chi connectivity index (χ0n) is 9.26. The second-order valence-corrected chi connectivity index (χ2v) is 3.74. The van der Waals surface area contributed by atoms with E-state index in [9.17, 15) is 0 Å². The zero-order valence-corrected chi connectivity index (χ0v) is 10.1. The van der Waals surface area contributed by atoms with Crippen LogP contribution in [0.15, 0.2) is 12.4 Å². The molecule has 5 nitrogen and oxygen atoms in total. The largest absolute Gasteiger partial charge is 0.395 e. The molecule has 0 aliphatic heterocycles. The lowest BCUT2D eigenvalue weighted by Gasteiger charge is -2.23. The molecule has 88 valence electrons. The molecule has 1 rings (SSSR count). The molecule has 0 aliphatic rings. The van der Waals surface area contributed by atoms with Crippen LogP contribution in [0.1, 0.15) is 19.0 Å². The standard InChI is InChI=1S/C10H16N4OS/c1-2-5-14(6-7-15)10-8(9(11)16)12-3-4-13-10/h3-4,15H,2,5-7H2,1H3,(H2,11,16). The maximum atomic E-state index is 9.00. The summed E-state index contributed by atoms with van der Waals surface area (Å²) in [4.78, 5) is 10.5. The molecule has 0 radical (unpaired) electrons. The molecule has 0 atom stereocenters. The van der Waals surface area contributed by atoms with Crippen LogP contribution in [-0.4, -0.2) is 39.8 Å². The van der Waals surface area contributed by atoms with Gasteiger partial charge in [-0.25, -0.2) is 9.97 Å². The summed E-state index contributed by atoms with van der Waals surface area (Å²) < 4.78 is 0. The van der Waals surface area contributed by atoms with Crippen molar-refractivity contribution in [3.63, 3.8) is 0 Å². The molecule has 0 aliphatic carbocycles. The van der Waals surface area contributed by atoms with Crippen molar-refractivity contribution in [2.24, 2.45) is 5.73 Å². The topological polar surface area (TPSA) is 75.3 Å². The Morgan fingerprint density at radius 2 is 2.12 bits per heavy atom. The summed E-state index contributed by atoms with van der Waals surface area (Å²) in [6.45, 7) is 3.41. The Labute approximate surface area is 100 Å². The summed E-state index contributed by atoms with van der Waals surface area (Å²) in [6.07, 6.45) is 4.10. The molecular weight excluding hydrogens is 224 g/mol. The molecule has 0 saturated carbocycles. The van der Waals surface area contributed by atoms with E-state index in [1.807, 2.05) is 4.90 Å². The first-order chi connectivity index (χ1) is 7.70. The third-order valence-corrected chi connectivity index (χ3v) is 2.27. The van der Waals surface area contributed by atoms with E-state index in [-0.39, 0.29) is 11.6 Å². The molecular formula is C10H16N4OS. The van der Waals surface area contributed by atoms with Gasteiger partial charge in [-0.2, -0.15) is 0 Å². The number of thiocarbonyl (C=S) groups is 1. The summed E-state index contributed by atoms with van der Waals surface area (Å²) in [7, 11) is 0. The van der Waals surface area contributed by atoms with Gasteiger partial charge in [0.05, 0.1) is 6.61 Å². The maximum absolute atomic E-state index is 9.00. The van der Waals surface area contributed by atoms with Gasteiger partial charge < -0.3 is 15.7 Å². The van der Waals surface area contributed by atoms with Gasteiger partial charge in [0, 0.05) is 25.5 Å². The van der Waals surface area contributed by atoms with Gasteiger partial charge in [0.25, 0.3) is 0 Å². The van der Waals surface area contributed by atoms with E-state index in [1.165, 1.54) is 0 Å². The number of aliphatic hydroxyl groups excluding tert-OH is 1. The summed E-state index contributed by atoms with van der Waals surface area (Å²) >= 11 is 4.92. The SMILES string of the molecule is CCCN(CCO)c1nccnc1C(N)=S. The molecule has 3 N–H and O–H groups in total. The molecule has 0 saturated heterocycles. The minimum absolute atomic E-state index is 0.0628. The average Bonchev–Trinajstić information content (AvgIpc) is 2.29. The van der Waals surface area contributed by atoms with E-state index in [4.69, 9.17) is 23.1 Å². The number of aromatic nitrogens is 2. The van der Waals surface area contributed by atoms with Gasteiger partial charge in [0.1, 0.15) is 10.7 Å². The molecule has 0 spiro atoms. The minimum Gasteiger partial charge on any atom is -0.395 e. The van der Waals surface area contributed by atoms with Gasteiger partial charge in [-0.05, 0) is 6.42 Å². The molecule has 0 bridgehead atoms. The highest BCUT2D eigenvalue weighted by molar-refractivity contribution is 7.80. The van der Waals surface area contributed by atoms with Gasteiger partial charge >= 0.3 is 0 Å². The third kappa shape index (κ3) is 3.11. The first-order valence-corrected chi connectivity index (χ1v) is 5.58. The number of nitrogens with two attached hydrogens (primary N) is 1. The van der Waals surface area contributed by atoms with Crippen LogP contribution in [0.5, 0.6) is 0 Å². The van der Waals surface area contributed by atoms with E-state index in [2.05, 4.69) is 16.9 Å². The van der Waals surface area contributed by atoms with Crippen LogP contribution in [0.4, 0.5) is 5.82 Å². The normalized spacial score (nSPS) is 10.1. The highest BCUT2D eigenvalue weighted by Gasteiger charge is 2.14. The zero-order chi connectivity index (χ0) is 12.0. The van der Waals surface area contributed by atoms with Gasteiger partial charge in [-0.3, -0.25) is 0 Å². The fourth-order valence-corrected chi connectivity index (χ4v) is 1.59. The number of anilines is 1. The highest BCUT2D eigenvalue weighted by Crippen LogP contribution is 2.14. The van der Waals surface area contributed by atoms with Crippen LogP contribution in [0.2, 0.25) is 0 Å². The van der Waals surface area contributed by atoms with E-state index < -0.39 is 0 Å². The Hall–Kier alpha value is -1.27. The van der Waals surface area contributed by atoms with Crippen LogP contribution in [0, 0.1) is 0 Å². The van der Waals surface area contributed by atoms with Gasteiger partial charge in [0.2, 0.25) is 0 Å². The third-order valence-electron chi connectivity index (χ3n) is 2.08. The number of hydrogen-bond acceptors (Lipinski definition) is 5. The minimum atomic E-state index is 0.0628. The van der Waals surface area contributed by atoms with Crippen LogP contribution in [0.3, 0.4) is 0 Å². The molecule has 1 heterocycles. The molecule has 1 aromatic heterocycles. The fourth-order valence-electron chi connectivity index (χ4n) is 1.45. The number of nitrogens with zero attached hydrogens (tertiary/aromatic N) is 3. The first-order valence-electron chi connectivity index (χ1n) is 5.17. The summed E-state index contributed by atoms with van der Waals surface area (Å²) in [5.74, 6) is 0.644. The molecule has 1 aromatic rings. The summed E-state index contributed by atoms with van der Waals surface area (Å²) in [5, 5.41) is 9.00. The number of aliphatic hydroxyl groups is 1. The lowest BCUT2D eigenvalue weighted by molar-refractivity contribution is 0.301. The van der Waals surface area contributed by atoms with Crippen LogP contribution in [0.25, 0.3) is 0 Å². The van der Waals surface area contributed by atoms with Crippen molar-refractivity contribution in [2.45, 2.75) is 13.3 Å². The monoisotopic (exact) mass is 240 g/mol. The molecule has 16 heavy (non-hydrogen) atoms. The Kier molecular flexibility index (Phi) is 5.07. The van der Waals surface area contributed by atoms with Crippen molar-refractivity contribution in [3.8, 4) is 0 Å². The molecule has 0 aromatic carbocycles. The van der Waals surface area contributed by atoms with Crippen molar-refractivity contribution in [1.29, 1.82) is 0 Å². The highest BCUT2D eigenvalue weighted by atomic mass is 32.1. The molecule has 6 heteroatoms. The van der Waals surface area contributed by atoms with E-state index in [1.54, 1.807) is 12.4 Å².